The summed E-state index contributed by atoms with van der Waals surface area (Å²) in [4.78, 5) is 14.3. The Kier molecular flexibility index (Phi) is 4.41. The van der Waals surface area contributed by atoms with Gasteiger partial charge in [0.2, 0.25) is 5.91 Å². The van der Waals surface area contributed by atoms with Crippen molar-refractivity contribution in [3.8, 4) is 0 Å². The summed E-state index contributed by atoms with van der Waals surface area (Å²) in [6.45, 7) is 7.10. The Labute approximate surface area is 133 Å². The highest BCUT2D eigenvalue weighted by Gasteiger charge is 2.33. The predicted molar refractivity (Wildman–Crippen MR) is 88.0 cm³/mol. The molecule has 3 rings (SSSR count). The highest BCUT2D eigenvalue weighted by atomic mass is 16.2. The minimum atomic E-state index is -0.114. The monoisotopic (exact) mass is 304 g/mol. The maximum atomic E-state index is 12.4. The van der Waals surface area contributed by atoms with Gasteiger partial charge in [-0.05, 0) is 40.0 Å². The SMILES string of the molecule is Cc1cc(NC2CCN(C(C)C)C2=O)nn1C1CCCCC1. The average molecular weight is 304 g/mol. The molecule has 1 aromatic heterocycles. The number of anilines is 1. The quantitative estimate of drug-likeness (QED) is 0.930. The standard InChI is InChI=1S/C17H28N4O/c1-12(2)20-10-9-15(17(20)22)18-16-11-13(3)21(19-16)14-7-5-4-6-8-14/h11-12,14-15H,4-10H2,1-3H3,(H,18,19). The van der Waals surface area contributed by atoms with E-state index in [-0.39, 0.29) is 18.0 Å². The summed E-state index contributed by atoms with van der Waals surface area (Å²) >= 11 is 0. The number of aromatic nitrogens is 2. The number of nitrogens with one attached hydrogen (secondary N) is 1. The Morgan fingerprint density at radius 2 is 1.95 bits per heavy atom. The van der Waals surface area contributed by atoms with Crippen LogP contribution < -0.4 is 5.32 Å². The topological polar surface area (TPSA) is 50.2 Å². The van der Waals surface area contributed by atoms with Crippen LogP contribution in [-0.2, 0) is 4.79 Å². The maximum Gasteiger partial charge on any atom is 0.245 e. The zero-order valence-corrected chi connectivity index (χ0v) is 14.0. The molecule has 1 aliphatic heterocycles. The molecule has 5 nitrogen and oxygen atoms in total. The van der Waals surface area contributed by atoms with Gasteiger partial charge in [-0.25, -0.2) is 0 Å². The van der Waals surface area contributed by atoms with Gasteiger partial charge >= 0.3 is 0 Å². The molecule has 1 atom stereocenters. The average Bonchev–Trinajstić information content (AvgIpc) is 3.04. The van der Waals surface area contributed by atoms with Gasteiger partial charge in [0.15, 0.2) is 0 Å². The minimum Gasteiger partial charge on any atom is -0.357 e. The highest BCUT2D eigenvalue weighted by Crippen LogP contribution is 2.30. The van der Waals surface area contributed by atoms with Crippen molar-refractivity contribution in [1.82, 2.24) is 14.7 Å². The van der Waals surface area contributed by atoms with Gasteiger partial charge in [-0.15, -0.1) is 0 Å². The third-order valence-electron chi connectivity index (χ3n) is 5.03. The van der Waals surface area contributed by atoms with Gasteiger partial charge in [-0.1, -0.05) is 19.3 Å². The van der Waals surface area contributed by atoms with Crippen molar-refractivity contribution in [3.05, 3.63) is 11.8 Å². The Morgan fingerprint density at radius 1 is 1.23 bits per heavy atom. The molecule has 0 radical (unpaired) electrons. The first-order chi connectivity index (χ1) is 10.6. The maximum absolute atomic E-state index is 12.4. The van der Waals surface area contributed by atoms with Crippen LogP contribution in [0.4, 0.5) is 5.82 Å². The number of carbonyl (C=O) groups excluding carboxylic acids is 1. The number of amides is 1. The molecule has 1 saturated heterocycles. The summed E-state index contributed by atoms with van der Waals surface area (Å²) in [5.41, 5.74) is 1.19. The summed E-state index contributed by atoms with van der Waals surface area (Å²) in [5, 5.41) is 8.09. The first-order valence-corrected chi connectivity index (χ1v) is 8.69. The third-order valence-corrected chi connectivity index (χ3v) is 5.03. The number of rotatable bonds is 4. The molecule has 5 heteroatoms. The molecule has 0 aromatic carbocycles. The number of hydrogen-bond acceptors (Lipinski definition) is 3. The second-order valence-corrected chi connectivity index (χ2v) is 7.02. The Hall–Kier alpha value is -1.52. The van der Waals surface area contributed by atoms with E-state index >= 15 is 0 Å². The van der Waals surface area contributed by atoms with Crippen LogP contribution in [0.5, 0.6) is 0 Å². The van der Waals surface area contributed by atoms with Crippen LogP contribution in [0, 0.1) is 6.92 Å². The van der Waals surface area contributed by atoms with Crippen molar-refractivity contribution in [1.29, 1.82) is 0 Å². The first kappa shape index (κ1) is 15.4. The van der Waals surface area contributed by atoms with Crippen LogP contribution in [0.2, 0.25) is 0 Å². The van der Waals surface area contributed by atoms with Gasteiger partial charge in [0.05, 0.1) is 6.04 Å². The molecule has 1 saturated carbocycles. The minimum absolute atomic E-state index is 0.114. The molecule has 122 valence electrons. The molecule has 0 spiro atoms. The molecule has 1 unspecified atom stereocenters. The smallest absolute Gasteiger partial charge is 0.245 e. The zero-order chi connectivity index (χ0) is 15.7. The molecule has 1 aromatic rings. The second-order valence-electron chi connectivity index (χ2n) is 7.02. The fourth-order valence-corrected chi connectivity index (χ4v) is 3.78. The molecule has 2 fully saturated rings. The van der Waals surface area contributed by atoms with Crippen LogP contribution >= 0.6 is 0 Å². The number of aryl methyl sites for hydroxylation is 1. The van der Waals surface area contributed by atoms with Crippen LogP contribution in [-0.4, -0.2) is 39.2 Å². The fraction of sp³-hybridized carbons (Fsp3) is 0.765. The van der Waals surface area contributed by atoms with E-state index in [0.717, 1.165) is 18.8 Å². The second kappa shape index (κ2) is 6.31. The summed E-state index contributed by atoms with van der Waals surface area (Å²) < 4.78 is 2.17. The molecule has 1 amide bonds. The lowest BCUT2D eigenvalue weighted by Crippen LogP contribution is -2.37. The van der Waals surface area contributed by atoms with E-state index in [1.807, 2.05) is 4.90 Å². The normalized spacial score (nSPS) is 23.5. The van der Waals surface area contributed by atoms with Crippen molar-refractivity contribution in [3.63, 3.8) is 0 Å². The summed E-state index contributed by atoms with van der Waals surface area (Å²) in [6.07, 6.45) is 7.28. The number of nitrogens with zero attached hydrogens (tertiary/aromatic N) is 3. The summed E-state index contributed by atoms with van der Waals surface area (Å²) in [6, 6.07) is 2.79. The number of likely N-dealkylation sites (tertiary alicyclic amines) is 1. The lowest BCUT2D eigenvalue weighted by molar-refractivity contribution is -0.129. The molecule has 2 heterocycles. The third kappa shape index (κ3) is 2.99. The van der Waals surface area contributed by atoms with Crippen molar-refractivity contribution < 1.29 is 4.79 Å². The largest absolute Gasteiger partial charge is 0.357 e. The van der Waals surface area contributed by atoms with Crippen molar-refractivity contribution in [2.45, 2.75) is 77.4 Å². The first-order valence-electron chi connectivity index (χ1n) is 8.69. The lowest BCUT2D eigenvalue weighted by atomic mass is 9.95. The highest BCUT2D eigenvalue weighted by molar-refractivity contribution is 5.86. The van der Waals surface area contributed by atoms with E-state index in [4.69, 9.17) is 5.10 Å². The van der Waals surface area contributed by atoms with Gasteiger partial charge < -0.3 is 10.2 Å². The fourth-order valence-electron chi connectivity index (χ4n) is 3.78. The van der Waals surface area contributed by atoms with E-state index in [1.54, 1.807) is 0 Å². The molecular formula is C17H28N4O. The molecule has 1 N–H and O–H groups in total. The Bertz CT molecular complexity index is 531. The van der Waals surface area contributed by atoms with Crippen LogP contribution in [0.3, 0.4) is 0 Å². The van der Waals surface area contributed by atoms with E-state index in [2.05, 4.69) is 36.8 Å². The molecule has 0 bridgehead atoms. The van der Waals surface area contributed by atoms with Crippen molar-refractivity contribution in [2.75, 3.05) is 11.9 Å². The zero-order valence-electron chi connectivity index (χ0n) is 14.0. The van der Waals surface area contributed by atoms with Crippen LogP contribution in [0.1, 0.15) is 64.1 Å². The Morgan fingerprint density at radius 3 is 2.59 bits per heavy atom. The van der Waals surface area contributed by atoms with Crippen LogP contribution in [0.25, 0.3) is 0 Å². The van der Waals surface area contributed by atoms with E-state index in [9.17, 15) is 4.79 Å². The van der Waals surface area contributed by atoms with E-state index in [1.165, 1.54) is 37.8 Å². The number of hydrogen-bond donors (Lipinski definition) is 1. The molecule has 1 aliphatic carbocycles. The van der Waals surface area contributed by atoms with Gasteiger partial charge in [0, 0.05) is 24.3 Å². The van der Waals surface area contributed by atoms with Gasteiger partial charge in [0.25, 0.3) is 0 Å². The predicted octanol–water partition coefficient (Wildman–Crippen LogP) is 3.12. The number of carbonyl (C=O) groups is 1. The van der Waals surface area contributed by atoms with Gasteiger partial charge in [-0.2, -0.15) is 5.10 Å². The van der Waals surface area contributed by atoms with E-state index < -0.39 is 0 Å². The van der Waals surface area contributed by atoms with Crippen molar-refractivity contribution in [2.24, 2.45) is 0 Å². The van der Waals surface area contributed by atoms with Gasteiger partial charge in [0.1, 0.15) is 11.9 Å². The molecule has 22 heavy (non-hydrogen) atoms. The lowest BCUT2D eigenvalue weighted by Gasteiger charge is -2.23. The van der Waals surface area contributed by atoms with Gasteiger partial charge in [-0.3, -0.25) is 9.48 Å². The summed E-state index contributed by atoms with van der Waals surface area (Å²) in [7, 11) is 0. The Balaban J connectivity index is 1.67. The summed E-state index contributed by atoms with van der Waals surface area (Å²) in [5.74, 6) is 1.06. The van der Waals surface area contributed by atoms with E-state index in [0.29, 0.717) is 6.04 Å². The molecule has 2 aliphatic rings. The van der Waals surface area contributed by atoms with Crippen LogP contribution in [0.15, 0.2) is 6.07 Å². The molecular weight excluding hydrogens is 276 g/mol. The van der Waals surface area contributed by atoms with Crippen molar-refractivity contribution >= 4 is 11.7 Å².